The first-order chi connectivity index (χ1) is 20.0. The quantitative estimate of drug-likeness (QED) is 0.299. The summed E-state index contributed by atoms with van der Waals surface area (Å²) in [6, 6.07) is 16.1. The van der Waals surface area contributed by atoms with E-state index in [4.69, 9.17) is 4.74 Å². The van der Waals surface area contributed by atoms with E-state index in [1.165, 1.54) is 34.3 Å². The molecule has 2 fully saturated rings. The molecule has 2 aliphatic rings. The average molecular weight is 587 g/mol. The Morgan fingerprint density at radius 1 is 1.00 bits per heavy atom. The molecule has 1 saturated carbocycles. The van der Waals surface area contributed by atoms with Crippen molar-refractivity contribution in [2.45, 2.75) is 36.9 Å². The first-order valence-electron chi connectivity index (χ1n) is 13.1. The zero-order chi connectivity index (χ0) is 28.2. The van der Waals surface area contributed by atoms with Crippen molar-refractivity contribution in [2.75, 3.05) is 11.1 Å². The van der Waals surface area contributed by atoms with Crippen LogP contribution < -0.4 is 10.6 Å². The summed E-state index contributed by atoms with van der Waals surface area (Å²) in [4.78, 5) is 53.2. The van der Waals surface area contributed by atoms with E-state index in [0.717, 1.165) is 24.0 Å². The number of thiazole rings is 1. The Morgan fingerprint density at radius 2 is 1.76 bits per heavy atom. The molecular weight excluding hydrogens is 560 g/mol. The van der Waals surface area contributed by atoms with Crippen LogP contribution in [-0.4, -0.2) is 55.6 Å². The topological polar surface area (TPSA) is 126 Å². The van der Waals surface area contributed by atoms with Crippen LogP contribution in [0.15, 0.2) is 78.7 Å². The lowest BCUT2D eigenvalue weighted by Gasteiger charge is -2.27. The summed E-state index contributed by atoms with van der Waals surface area (Å²) in [5.41, 5.74) is 3.66. The number of carbonyl (C=O) groups excluding carboxylic acids is 3. The molecule has 12 heteroatoms. The molecule has 1 unspecified atom stereocenters. The molecule has 1 aliphatic heterocycles. The van der Waals surface area contributed by atoms with E-state index < -0.39 is 17.5 Å². The molecule has 2 aromatic heterocycles. The number of carbonyl (C=O) groups is 3. The molecule has 1 saturated heterocycles. The van der Waals surface area contributed by atoms with Gasteiger partial charge in [0.05, 0.1) is 5.69 Å². The van der Waals surface area contributed by atoms with Gasteiger partial charge in [0, 0.05) is 46.3 Å². The summed E-state index contributed by atoms with van der Waals surface area (Å²) in [6.07, 6.45) is 6.16. The molecule has 1 aliphatic carbocycles. The highest BCUT2D eigenvalue weighted by Crippen LogP contribution is 2.42. The SMILES string of the molecule is O=C(NC1CC1)c1ccc(-c2csc(NC(=O)[C@@H]3CSC(c4cncnc4)N3C(=O)OCc3ccccc3)n2)cc1. The Morgan fingerprint density at radius 3 is 2.49 bits per heavy atom. The minimum absolute atomic E-state index is 0.0769. The minimum Gasteiger partial charge on any atom is -0.444 e. The zero-order valence-corrected chi connectivity index (χ0v) is 23.4. The van der Waals surface area contributed by atoms with Crippen LogP contribution in [0, 0.1) is 0 Å². The number of rotatable bonds is 8. The van der Waals surface area contributed by atoms with E-state index in [2.05, 4.69) is 25.6 Å². The molecule has 10 nitrogen and oxygen atoms in total. The van der Waals surface area contributed by atoms with Gasteiger partial charge in [0.1, 0.15) is 24.3 Å². The fraction of sp³-hybridized carbons (Fsp3) is 0.241. The number of benzene rings is 2. The highest BCUT2D eigenvalue weighted by atomic mass is 32.2. The van der Waals surface area contributed by atoms with Gasteiger partial charge in [-0.2, -0.15) is 0 Å². The second kappa shape index (κ2) is 12.1. The van der Waals surface area contributed by atoms with E-state index in [1.807, 2.05) is 47.8 Å². The Kier molecular flexibility index (Phi) is 7.92. The summed E-state index contributed by atoms with van der Waals surface area (Å²) in [7, 11) is 0. The lowest BCUT2D eigenvalue weighted by atomic mass is 10.1. The number of aromatic nitrogens is 3. The number of nitrogens with zero attached hydrogens (tertiary/aromatic N) is 4. The molecule has 3 amide bonds. The van der Waals surface area contributed by atoms with Crippen LogP contribution in [0.5, 0.6) is 0 Å². The minimum atomic E-state index is -0.787. The van der Waals surface area contributed by atoms with Gasteiger partial charge in [0.25, 0.3) is 5.91 Å². The lowest BCUT2D eigenvalue weighted by molar-refractivity contribution is -0.120. The summed E-state index contributed by atoms with van der Waals surface area (Å²) in [6.45, 7) is 0.0874. The fourth-order valence-corrected chi connectivity index (χ4v) is 6.47. The molecule has 2 aromatic carbocycles. The van der Waals surface area contributed by atoms with Gasteiger partial charge in [-0.3, -0.25) is 14.5 Å². The maximum Gasteiger partial charge on any atom is 0.412 e. The molecule has 2 atom stereocenters. The third-order valence-corrected chi connectivity index (χ3v) is 8.76. The van der Waals surface area contributed by atoms with Gasteiger partial charge < -0.3 is 15.4 Å². The monoisotopic (exact) mass is 586 g/mol. The molecule has 6 rings (SSSR count). The Labute approximate surface area is 244 Å². The molecule has 0 bridgehead atoms. The standard InChI is InChI=1S/C29H26N6O4S2/c36-25(32-22-10-11-22)20-8-6-19(7-9-20)23-15-41-28(33-23)34-26(37)24-16-40-27(21-12-30-17-31-13-21)35(24)29(38)39-14-18-4-2-1-3-5-18/h1-9,12-13,15,17,22,24,27H,10-11,14,16H2,(H,32,36)(H,33,34,37)/t24-,27?/m0/s1. The van der Waals surface area contributed by atoms with Crippen molar-refractivity contribution < 1.29 is 19.1 Å². The number of nitrogens with one attached hydrogen (secondary N) is 2. The van der Waals surface area contributed by atoms with Crippen LogP contribution in [0.25, 0.3) is 11.3 Å². The van der Waals surface area contributed by atoms with Crippen LogP contribution >= 0.6 is 23.1 Å². The average Bonchev–Trinajstić information content (AvgIpc) is 3.51. The van der Waals surface area contributed by atoms with Gasteiger partial charge in [-0.1, -0.05) is 42.5 Å². The number of amides is 3. The highest BCUT2D eigenvalue weighted by molar-refractivity contribution is 7.99. The number of hydrogen-bond acceptors (Lipinski definition) is 9. The van der Waals surface area contributed by atoms with Crippen molar-refractivity contribution in [1.82, 2.24) is 25.2 Å². The number of ether oxygens (including phenoxy) is 1. The smallest absolute Gasteiger partial charge is 0.412 e. The van der Waals surface area contributed by atoms with Crippen molar-refractivity contribution in [3.63, 3.8) is 0 Å². The van der Waals surface area contributed by atoms with E-state index in [1.54, 1.807) is 24.5 Å². The highest BCUT2D eigenvalue weighted by Gasteiger charge is 2.44. The second-order valence-corrected chi connectivity index (χ2v) is 11.6. The van der Waals surface area contributed by atoms with E-state index in [0.29, 0.717) is 33.7 Å². The van der Waals surface area contributed by atoms with E-state index in [-0.39, 0.29) is 18.4 Å². The fourth-order valence-electron chi connectivity index (χ4n) is 4.36. The normalized spacial score (nSPS) is 18.1. The second-order valence-electron chi connectivity index (χ2n) is 9.67. The van der Waals surface area contributed by atoms with Gasteiger partial charge in [-0.05, 0) is 30.5 Å². The first-order valence-corrected chi connectivity index (χ1v) is 15.0. The van der Waals surface area contributed by atoms with Gasteiger partial charge in [-0.25, -0.2) is 19.7 Å². The third-order valence-electron chi connectivity index (χ3n) is 6.67. The van der Waals surface area contributed by atoms with Crippen LogP contribution in [0.2, 0.25) is 0 Å². The van der Waals surface area contributed by atoms with Crippen molar-refractivity contribution in [3.05, 3.63) is 95.4 Å². The lowest BCUT2D eigenvalue weighted by Crippen LogP contribution is -2.45. The summed E-state index contributed by atoms with van der Waals surface area (Å²) in [5, 5.41) is 7.63. The number of anilines is 1. The van der Waals surface area contributed by atoms with Gasteiger partial charge in [0.2, 0.25) is 5.91 Å². The third kappa shape index (κ3) is 6.39. The van der Waals surface area contributed by atoms with Crippen LogP contribution in [0.3, 0.4) is 0 Å². The van der Waals surface area contributed by atoms with Crippen molar-refractivity contribution in [2.24, 2.45) is 0 Å². The van der Waals surface area contributed by atoms with Crippen molar-refractivity contribution in [3.8, 4) is 11.3 Å². The van der Waals surface area contributed by atoms with E-state index in [9.17, 15) is 14.4 Å². The summed E-state index contributed by atoms with van der Waals surface area (Å²) < 4.78 is 5.62. The van der Waals surface area contributed by atoms with E-state index >= 15 is 0 Å². The molecule has 0 radical (unpaired) electrons. The Bertz CT molecular complexity index is 1530. The molecule has 208 valence electrons. The zero-order valence-electron chi connectivity index (χ0n) is 21.8. The van der Waals surface area contributed by atoms with Crippen LogP contribution in [0.4, 0.5) is 9.93 Å². The maximum absolute atomic E-state index is 13.5. The molecule has 0 spiro atoms. The Balaban J connectivity index is 1.14. The molecule has 41 heavy (non-hydrogen) atoms. The number of hydrogen-bond donors (Lipinski definition) is 2. The summed E-state index contributed by atoms with van der Waals surface area (Å²) >= 11 is 2.74. The Hall–Kier alpha value is -4.29. The van der Waals surface area contributed by atoms with Gasteiger partial charge in [-0.15, -0.1) is 23.1 Å². The van der Waals surface area contributed by atoms with Crippen molar-refractivity contribution in [1.29, 1.82) is 0 Å². The number of thioether (sulfide) groups is 1. The predicted octanol–water partition coefficient (Wildman–Crippen LogP) is 4.88. The molecule has 3 heterocycles. The van der Waals surface area contributed by atoms with Gasteiger partial charge in [0.15, 0.2) is 5.13 Å². The van der Waals surface area contributed by atoms with Crippen LogP contribution in [-0.2, 0) is 16.1 Å². The first kappa shape index (κ1) is 26.9. The molecular formula is C29H26N6O4S2. The predicted molar refractivity (Wildman–Crippen MR) is 156 cm³/mol. The van der Waals surface area contributed by atoms with Crippen LogP contribution in [0.1, 0.15) is 39.7 Å². The molecule has 2 N–H and O–H groups in total. The maximum atomic E-state index is 13.5. The molecule has 4 aromatic rings. The summed E-state index contributed by atoms with van der Waals surface area (Å²) in [5.74, 6) is -0.0671. The van der Waals surface area contributed by atoms with Crippen molar-refractivity contribution >= 4 is 46.1 Å². The van der Waals surface area contributed by atoms with Gasteiger partial charge >= 0.3 is 6.09 Å². The largest absolute Gasteiger partial charge is 0.444 e.